The molecule has 2 rings (SSSR count). The van der Waals surface area contributed by atoms with Gasteiger partial charge in [-0.1, -0.05) is 0 Å². The number of rotatable bonds is 1. The molecule has 2 heterocycles. The van der Waals surface area contributed by atoms with Gasteiger partial charge in [-0.2, -0.15) is 0 Å². The second-order valence-corrected chi connectivity index (χ2v) is 3.95. The molecule has 3 heteroatoms. The predicted octanol–water partition coefficient (Wildman–Crippen LogP) is 0.766. The molecule has 2 aliphatic heterocycles. The van der Waals surface area contributed by atoms with Gasteiger partial charge >= 0.3 is 0 Å². The summed E-state index contributed by atoms with van der Waals surface area (Å²) in [6.45, 7) is 2.82. The SMILES string of the molecule is O=C(C1CCCC[N]1)N1CCCC1. The number of hydrogen-bond donors (Lipinski definition) is 0. The number of likely N-dealkylation sites (tertiary alicyclic amines) is 1. The fourth-order valence-corrected chi connectivity index (χ4v) is 2.14. The monoisotopic (exact) mass is 181 g/mol. The normalized spacial score (nSPS) is 29.2. The number of hydrogen-bond acceptors (Lipinski definition) is 1. The van der Waals surface area contributed by atoms with Crippen LogP contribution in [0.5, 0.6) is 0 Å². The largest absolute Gasteiger partial charge is 0.341 e. The third-order valence-corrected chi connectivity index (χ3v) is 2.94. The van der Waals surface area contributed by atoms with Crippen molar-refractivity contribution in [1.29, 1.82) is 0 Å². The summed E-state index contributed by atoms with van der Waals surface area (Å²) in [5.41, 5.74) is 0. The Balaban J connectivity index is 1.87. The first-order chi connectivity index (χ1) is 6.38. The minimum absolute atomic E-state index is 0.00634. The minimum Gasteiger partial charge on any atom is -0.341 e. The first-order valence-corrected chi connectivity index (χ1v) is 5.33. The van der Waals surface area contributed by atoms with Gasteiger partial charge in [0.15, 0.2) is 0 Å². The highest BCUT2D eigenvalue weighted by molar-refractivity contribution is 5.82. The zero-order valence-corrected chi connectivity index (χ0v) is 8.04. The van der Waals surface area contributed by atoms with E-state index in [1.54, 1.807) is 0 Å². The molecular formula is C10H17N2O. The smallest absolute Gasteiger partial charge is 0.241 e. The Morgan fingerprint density at radius 3 is 2.54 bits per heavy atom. The molecule has 0 spiro atoms. The summed E-state index contributed by atoms with van der Waals surface area (Å²) >= 11 is 0. The summed E-state index contributed by atoms with van der Waals surface area (Å²) in [7, 11) is 0. The first-order valence-electron chi connectivity index (χ1n) is 5.33. The fourth-order valence-electron chi connectivity index (χ4n) is 2.14. The first kappa shape index (κ1) is 9.00. The van der Waals surface area contributed by atoms with E-state index in [9.17, 15) is 4.79 Å². The van der Waals surface area contributed by atoms with E-state index in [2.05, 4.69) is 5.32 Å². The van der Waals surface area contributed by atoms with Crippen LogP contribution in [0.15, 0.2) is 0 Å². The van der Waals surface area contributed by atoms with Gasteiger partial charge in [0.1, 0.15) is 6.04 Å². The van der Waals surface area contributed by atoms with E-state index in [0.29, 0.717) is 0 Å². The van der Waals surface area contributed by atoms with Crippen molar-refractivity contribution in [2.24, 2.45) is 0 Å². The highest BCUT2D eigenvalue weighted by atomic mass is 16.2. The van der Waals surface area contributed by atoms with Crippen molar-refractivity contribution >= 4 is 5.91 Å². The molecule has 2 fully saturated rings. The fraction of sp³-hybridized carbons (Fsp3) is 0.900. The molecule has 73 valence electrons. The third-order valence-electron chi connectivity index (χ3n) is 2.94. The van der Waals surface area contributed by atoms with Crippen molar-refractivity contribution in [3.05, 3.63) is 0 Å². The van der Waals surface area contributed by atoms with Gasteiger partial charge < -0.3 is 4.90 Å². The summed E-state index contributed by atoms with van der Waals surface area (Å²) in [4.78, 5) is 13.8. The molecule has 1 unspecified atom stereocenters. The summed E-state index contributed by atoms with van der Waals surface area (Å²) in [5, 5.41) is 4.38. The number of carbonyl (C=O) groups excluding carboxylic acids is 1. The number of nitrogens with zero attached hydrogens (tertiary/aromatic N) is 2. The van der Waals surface area contributed by atoms with E-state index in [4.69, 9.17) is 0 Å². The number of amides is 1. The Morgan fingerprint density at radius 1 is 1.15 bits per heavy atom. The lowest BCUT2D eigenvalue weighted by Crippen LogP contribution is -2.44. The van der Waals surface area contributed by atoms with Crippen molar-refractivity contribution < 1.29 is 4.79 Å². The van der Waals surface area contributed by atoms with Crippen molar-refractivity contribution in [1.82, 2.24) is 10.2 Å². The van der Waals surface area contributed by atoms with Crippen LogP contribution in [0.25, 0.3) is 0 Å². The maximum Gasteiger partial charge on any atom is 0.241 e. The van der Waals surface area contributed by atoms with Crippen molar-refractivity contribution in [2.75, 3.05) is 19.6 Å². The molecule has 0 aromatic heterocycles. The van der Waals surface area contributed by atoms with Gasteiger partial charge in [-0.3, -0.25) is 4.79 Å². The van der Waals surface area contributed by atoms with E-state index in [-0.39, 0.29) is 11.9 Å². The lowest BCUT2D eigenvalue weighted by molar-refractivity contribution is -0.133. The lowest BCUT2D eigenvalue weighted by atomic mass is 10.0. The lowest BCUT2D eigenvalue weighted by Gasteiger charge is -2.25. The predicted molar refractivity (Wildman–Crippen MR) is 50.5 cm³/mol. The van der Waals surface area contributed by atoms with Gasteiger partial charge in [0.25, 0.3) is 0 Å². The summed E-state index contributed by atoms with van der Waals surface area (Å²) in [5.74, 6) is 0.289. The average molecular weight is 181 g/mol. The molecule has 2 saturated heterocycles. The maximum atomic E-state index is 11.8. The van der Waals surface area contributed by atoms with E-state index in [1.807, 2.05) is 4.90 Å². The third kappa shape index (κ3) is 2.02. The second-order valence-electron chi connectivity index (χ2n) is 3.95. The minimum atomic E-state index is 0.00634. The molecule has 1 amide bonds. The van der Waals surface area contributed by atoms with Crippen LogP contribution in [0.4, 0.5) is 0 Å². The van der Waals surface area contributed by atoms with Gasteiger partial charge in [-0.25, -0.2) is 5.32 Å². The molecule has 0 N–H and O–H groups in total. The molecule has 0 aromatic carbocycles. The van der Waals surface area contributed by atoms with Crippen LogP contribution < -0.4 is 5.32 Å². The van der Waals surface area contributed by atoms with E-state index < -0.39 is 0 Å². The molecule has 1 radical (unpaired) electrons. The Morgan fingerprint density at radius 2 is 1.92 bits per heavy atom. The summed E-state index contributed by atoms with van der Waals surface area (Å²) in [6.07, 6.45) is 5.68. The molecule has 1 atom stereocenters. The van der Waals surface area contributed by atoms with Crippen LogP contribution >= 0.6 is 0 Å². The van der Waals surface area contributed by atoms with Crippen molar-refractivity contribution in [2.45, 2.75) is 38.1 Å². The zero-order chi connectivity index (χ0) is 9.10. The van der Waals surface area contributed by atoms with Gasteiger partial charge in [0.2, 0.25) is 5.91 Å². The summed E-state index contributed by atoms with van der Waals surface area (Å²) in [6, 6.07) is 0.00634. The zero-order valence-electron chi connectivity index (χ0n) is 8.04. The average Bonchev–Trinajstić information content (AvgIpc) is 2.71. The Hall–Kier alpha value is -0.570. The topological polar surface area (TPSA) is 34.4 Å². The molecule has 0 aromatic rings. The van der Waals surface area contributed by atoms with Gasteiger partial charge in [0.05, 0.1) is 0 Å². The van der Waals surface area contributed by atoms with Crippen molar-refractivity contribution in [3.8, 4) is 0 Å². The quantitative estimate of drug-likeness (QED) is 0.588. The number of carbonyl (C=O) groups is 1. The van der Waals surface area contributed by atoms with Crippen molar-refractivity contribution in [3.63, 3.8) is 0 Å². The van der Waals surface area contributed by atoms with Gasteiger partial charge in [-0.05, 0) is 32.1 Å². The van der Waals surface area contributed by atoms with Crippen LogP contribution in [-0.4, -0.2) is 36.5 Å². The van der Waals surface area contributed by atoms with Crippen LogP contribution in [0, 0.1) is 0 Å². The maximum absolute atomic E-state index is 11.8. The molecule has 3 nitrogen and oxygen atoms in total. The second kappa shape index (κ2) is 4.09. The van der Waals surface area contributed by atoms with Crippen LogP contribution in [0.2, 0.25) is 0 Å². The molecule has 0 bridgehead atoms. The van der Waals surface area contributed by atoms with Gasteiger partial charge in [0, 0.05) is 19.6 Å². The van der Waals surface area contributed by atoms with E-state index >= 15 is 0 Å². The number of piperidine rings is 1. The molecule has 0 saturated carbocycles. The molecule has 0 aliphatic carbocycles. The molecule has 2 aliphatic rings. The summed E-state index contributed by atoms with van der Waals surface area (Å²) < 4.78 is 0. The molecular weight excluding hydrogens is 164 g/mol. The van der Waals surface area contributed by atoms with E-state index in [0.717, 1.165) is 26.1 Å². The highest BCUT2D eigenvalue weighted by Gasteiger charge is 2.27. The Bertz CT molecular complexity index is 181. The van der Waals surface area contributed by atoms with Crippen LogP contribution in [-0.2, 0) is 4.79 Å². The van der Waals surface area contributed by atoms with E-state index in [1.165, 1.54) is 25.7 Å². The standard InChI is InChI=1S/C10H17N2O/c13-10(12-7-3-4-8-12)9-5-1-2-6-11-9/h9H,1-8H2. The molecule has 13 heavy (non-hydrogen) atoms. The van der Waals surface area contributed by atoms with Gasteiger partial charge in [-0.15, -0.1) is 0 Å². The van der Waals surface area contributed by atoms with Crippen LogP contribution in [0.3, 0.4) is 0 Å². The Kier molecular flexibility index (Phi) is 2.83. The highest BCUT2D eigenvalue weighted by Crippen LogP contribution is 2.15. The Labute approximate surface area is 79.5 Å². The van der Waals surface area contributed by atoms with Crippen LogP contribution in [0.1, 0.15) is 32.1 Å².